The Morgan fingerprint density at radius 1 is 1.47 bits per heavy atom. The standard InChI is InChI=1S/C11H19NO2S/c1-3-10-4-5-11(14-10)8-15-7-9(6-13)12-2/h4-5,9,12-13H,3,6-8H2,1-2H3. The summed E-state index contributed by atoms with van der Waals surface area (Å²) in [4.78, 5) is 0. The quantitative estimate of drug-likeness (QED) is 0.746. The lowest BCUT2D eigenvalue weighted by Gasteiger charge is -2.11. The van der Waals surface area contributed by atoms with Gasteiger partial charge < -0.3 is 14.8 Å². The van der Waals surface area contributed by atoms with E-state index in [1.54, 1.807) is 11.8 Å². The molecule has 0 aliphatic rings. The highest BCUT2D eigenvalue weighted by molar-refractivity contribution is 7.98. The summed E-state index contributed by atoms with van der Waals surface area (Å²) in [5, 5.41) is 12.0. The summed E-state index contributed by atoms with van der Waals surface area (Å²) in [6.07, 6.45) is 0.945. The first-order valence-electron chi connectivity index (χ1n) is 5.23. The van der Waals surface area contributed by atoms with E-state index in [9.17, 15) is 0 Å². The van der Waals surface area contributed by atoms with Gasteiger partial charge in [-0.2, -0.15) is 11.8 Å². The van der Waals surface area contributed by atoms with E-state index < -0.39 is 0 Å². The van der Waals surface area contributed by atoms with Crippen LogP contribution in [0.5, 0.6) is 0 Å². The minimum absolute atomic E-state index is 0.176. The Bertz CT molecular complexity index is 271. The Morgan fingerprint density at radius 3 is 2.73 bits per heavy atom. The number of rotatable bonds is 7. The van der Waals surface area contributed by atoms with Crippen molar-refractivity contribution in [1.82, 2.24) is 5.32 Å². The van der Waals surface area contributed by atoms with E-state index in [1.807, 2.05) is 19.2 Å². The zero-order valence-electron chi connectivity index (χ0n) is 9.32. The Kier molecular flexibility index (Phi) is 5.83. The van der Waals surface area contributed by atoms with Crippen molar-refractivity contribution in [3.8, 4) is 0 Å². The van der Waals surface area contributed by atoms with Crippen molar-refractivity contribution in [3.05, 3.63) is 23.7 Å². The summed E-state index contributed by atoms with van der Waals surface area (Å²) < 4.78 is 5.58. The first kappa shape index (κ1) is 12.6. The van der Waals surface area contributed by atoms with Crippen LogP contribution in [0.3, 0.4) is 0 Å². The van der Waals surface area contributed by atoms with Gasteiger partial charge in [0, 0.05) is 18.2 Å². The van der Waals surface area contributed by atoms with Crippen LogP contribution in [0.2, 0.25) is 0 Å². The molecule has 1 aromatic rings. The van der Waals surface area contributed by atoms with Crippen LogP contribution in [0.25, 0.3) is 0 Å². The number of aryl methyl sites for hydroxylation is 1. The van der Waals surface area contributed by atoms with Gasteiger partial charge in [0.15, 0.2) is 0 Å². The third-order valence-electron chi connectivity index (χ3n) is 2.26. The minimum atomic E-state index is 0.176. The molecule has 0 radical (unpaired) electrons. The fraction of sp³-hybridized carbons (Fsp3) is 0.636. The van der Waals surface area contributed by atoms with E-state index >= 15 is 0 Å². The minimum Gasteiger partial charge on any atom is -0.465 e. The van der Waals surface area contributed by atoms with Crippen LogP contribution in [0.4, 0.5) is 0 Å². The molecule has 1 heterocycles. The predicted octanol–water partition coefficient (Wildman–Crippen LogP) is 1.66. The third kappa shape index (κ3) is 4.28. The topological polar surface area (TPSA) is 45.4 Å². The monoisotopic (exact) mass is 229 g/mol. The van der Waals surface area contributed by atoms with Crippen molar-refractivity contribution in [3.63, 3.8) is 0 Å². The number of hydrogen-bond donors (Lipinski definition) is 2. The van der Waals surface area contributed by atoms with Crippen LogP contribution in [0, 0.1) is 0 Å². The van der Waals surface area contributed by atoms with Gasteiger partial charge in [0.25, 0.3) is 0 Å². The second kappa shape index (κ2) is 6.93. The van der Waals surface area contributed by atoms with Crippen molar-refractivity contribution in [2.75, 3.05) is 19.4 Å². The Labute approximate surface area is 95.2 Å². The summed E-state index contributed by atoms with van der Waals surface area (Å²) in [6, 6.07) is 4.23. The normalized spacial score (nSPS) is 13.0. The Hall–Kier alpha value is -0.450. The van der Waals surface area contributed by atoms with Crippen molar-refractivity contribution >= 4 is 11.8 Å². The molecule has 0 fully saturated rings. The zero-order chi connectivity index (χ0) is 11.1. The van der Waals surface area contributed by atoms with Crippen molar-refractivity contribution in [2.45, 2.75) is 25.1 Å². The lowest BCUT2D eigenvalue weighted by molar-refractivity contribution is 0.260. The Morgan fingerprint density at radius 2 is 2.20 bits per heavy atom. The number of likely N-dealkylation sites (N-methyl/N-ethyl adjacent to an activating group) is 1. The van der Waals surface area contributed by atoms with E-state index in [0.29, 0.717) is 0 Å². The van der Waals surface area contributed by atoms with E-state index in [1.165, 1.54) is 0 Å². The van der Waals surface area contributed by atoms with Gasteiger partial charge in [0.2, 0.25) is 0 Å². The largest absolute Gasteiger partial charge is 0.465 e. The van der Waals surface area contributed by atoms with E-state index in [-0.39, 0.29) is 12.6 Å². The molecule has 0 spiro atoms. The molecule has 0 bridgehead atoms. The summed E-state index contributed by atoms with van der Waals surface area (Å²) in [6.45, 7) is 2.26. The lowest BCUT2D eigenvalue weighted by atomic mass is 10.4. The van der Waals surface area contributed by atoms with Crippen molar-refractivity contribution < 1.29 is 9.52 Å². The van der Waals surface area contributed by atoms with Crippen LogP contribution in [-0.4, -0.2) is 30.6 Å². The van der Waals surface area contributed by atoms with Crippen LogP contribution in [0.1, 0.15) is 18.4 Å². The molecule has 0 aliphatic carbocycles. The maximum atomic E-state index is 8.97. The molecule has 0 saturated carbocycles. The molecular formula is C11H19NO2S. The highest BCUT2D eigenvalue weighted by atomic mass is 32.2. The molecular weight excluding hydrogens is 210 g/mol. The number of furan rings is 1. The predicted molar refractivity (Wildman–Crippen MR) is 64.2 cm³/mol. The number of aliphatic hydroxyl groups is 1. The molecule has 0 saturated heterocycles. The molecule has 1 unspecified atom stereocenters. The molecule has 0 amide bonds. The lowest BCUT2D eigenvalue weighted by Crippen LogP contribution is -2.31. The molecule has 1 rings (SSSR count). The summed E-state index contributed by atoms with van der Waals surface area (Å²) in [5.41, 5.74) is 0. The van der Waals surface area contributed by atoms with Crippen LogP contribution in [0.15, 0.2) is 16.5 Å². The summed E-state index contributed by atoms with van der Waals surface area (Å²) in [7, 11) is 1.86. The van der Waals surface area contributed by atoms with E-state index in [0.717, 1.165) is 29.4 Å². The van der Waals surface area contributed by atoms with Gasteiger partial charge >= 0.3 is 0 Å². The van der Waals surface area contributed by atoms with Crippen molar-refractivity contribution in [2.24, 2.45) is 0 Å². The highest BCUT2D eigenvalue weighted by Crippen LogP contribution is 2.16. The number of hydrogen-bond acceptors (Lipinski definition) is 4. The highest BCUT2D eigenvalue weighted by Gasteiger charge is 2.05. The van der Waals surface area contributed by atoms with Gasteiger partial charge in [-0.3, -0.25) is 0 Å². The molecule has 15 heavy (non-hydrogen) atoms. The SMILES string of the molecule is CCc1ccc(CSCC(CO)NC)o1. The smallest absolute Gasteiger partial charge is 0.114 e. The van der Waals surface area contributed by atoms with Crippen LogP contribution >= 0.6 is 11.8 Å². The molecule has 0 aromatic carbocycles. The van der Waals surface area contributed by atoms with Gasteiger partial charge in [0.1, 0.15) is 11.5 Å². The number of aliphatic hydroxyl groups excluding tert-OH is 1. The molecule has 1 aromatic heterocycles. The Balaban J connectivity index is 2.25. The maximum absolute atomic E-state index is 8.97. The van der Waals surface area contributed by atoms with Gasteiger partial charge in [-0.1, -0.05) is 6.92 Å². The molecule has 2 N–H and O–H groups in total. The van der Waals surface area contributed by atoms with Gasteiger partial charge in [-0.25, -0.2) is 0 Å². The van der Waals surface area contributed by atoms with E-state index in [4.69, 9.17) is 9.52 Å². The average Bonchev–Trinajstić information content (AvgIpc) is 2.72. The molecule has 4 heteroatoms. The van der Waals surface area contributed by atoms with E-state index in [2.05, 4.69) is 12.2 Å². The van der Waals surface area contributed by atoms with Gasteiger partial charge in [0.05, 0.1) is 12.4 Å². The van der Waals surface area contributed by atoms with Gasteiger partial charge in [-0.05, 0) is 19.2 Å². The zero-order valence-corrected chi connectivity index (χ0v) is 10.1. The molecule has 1 atom stereocenters. The number of nitrogens with one attached hydrogen (secondary N) is 1. The average molecular weight is 229 g/mol. The number of thioether (sulfide) groups is 1. The third-order valence-corrected chi connectivity index (χ3v) is 3.38. The summed E-state index contributed by atoms with van der Waals surface area (Å²) in [5.74, 6) is 3.83. The van der Waals surface area contributed by atoms with Crippen LogP contribution in [-0.2, 0) is 12.2 Å². The second-order valence-corrected chi connectivity index (χ2v) is 4.44. The maximum Gasteiger partial charge on any atom is 0.114 e. The van der Waals surface area contributed by atoms with Crippen LogP contribution < -0.4 is 5.32 Å². The summed E-state index contributed by atoms with van der Waals surface area (Å²) >= 11 is 1.77. The van der Waals surface area contributed by atoms with Gasteiger partial charge in [-0.15, -0.1) is 0 Å². The molecule has 0 aliphatic heterocycles. The van der Waals surface area contributed by atoms with Crippen molar-refractivity contribution in [1.29, 1.82) is 0 Å². The second-order valence-electron chi connectivity index (χ2n) is 3.40. The fourth-order valence-corrected chi connectivity index (χ4v) is 2.25. The molecule has 3 nitrogen and oxygen atoms in total. The molecule has 86 valence electrons. The fourth-order valence-electron chi connectivity index (χ4n) is 1.22. The first-order chi connectivity index (χ1) is 7.30. The first-order valence-corrected chi connectivity index (χ1v) is 6.39.